The Morgan fingerprint density at radius 3 is 0.514 bits per heavy atom. The van der Waals surface area contributed by atoms with Crippen LogP contribution in [0.1, 0.15) is 436 Å². The Labute approximate surface area is 469 Å². The highest BCUT2D eigenvalue weighted by atomic mass is 14.9. The second-order valence-electron chi connectivity index (χ2n) is 24.6. The normalized spacial score (nSPS) is 11.7. The van der Waals surface area contributed by atoms with Crippen LogP contribution in [0.3, 0.4) is 0 Å². The first-order valence-corrected chi connectivity index (χ1v) is 35.4. The number of aryl methyl sites for hydroxylation is 2. The molecule has 0 bridgehead atoms. The van der Waals surface area contributed by atoms with Gasteiger partial charge in [-0.3, -0.25) is 0 Å². The van der Waals surface area contributed by atoms with E-state index in [4.69, 9.17) is 9.97 Å². The molecular formula is C72H139N2. The molecule has 1 heterocycles. The van der Waals surface area contributed by atoms with Gasteiger partial charge in [0.15, 0.2) is 0 Å². The van der Waals surface area contributed by atoms with Crippen molar-refractivity contribution in [1.29, 1.82) is 0 Å². The molecule has 1 radical (unpaired) electrons. The zero-order chi connectivity index (χ0) is 53.0. The highest BCUT2D eigenvalue weighted by Crippen LogP contribution is 2.24. The molecule has 2 nitrogen and oxygen atoms in total. The molecule has 0 saturated heterocycles. The van der Waals surface area contributed by atoms with Crippen molar-refractivity contribution in [1.82, 2.24) is 9.97 Å². The third kappa shape index (κ3) is 50.6. The van der Waals surface area contributed by atoms with E-state index in [1.54, 1.807) is 5.56 Å². The van der Waals surface area contributed by atoms with E-state index >= 15 is 0 Å². The highest BCUT2D eigenvalue weighted by Gasteiger charge is 2.14. The van der Waals surface area contributed by atoms with E-state index in [0.717, 1.165) is 18.7 Å². The fraction of sp³-hybridized carbons (Fsp3) is 0.931. The molecule has 0 atom stereocenters. The third-order valence-corrected chi connectivity index (χ3v) is 17.3. The molecule has 0 aliphatic carbocycles. The van der Waals surface area contributed by atoms with Crippen LogP contribution in [0.4, 0.5) is 0 Å². The van der Waals surface area contributed by atoms with Crippen molar-refractivity contribution in [2.24, 2.45) is 0 Å². The largest absolute Gasteiger partial charge is 0.237 e. The minimum atomic E-state index is 0.989. The van der Waals surface area contributed by atoms with Crippen LogP contribution in [0.2, 0.25) is 0 Å². The fourth-order valence-corrected chi connectivity index (χ4v) is 12.1. The second kappa shape index (κ2) is 61.3. The molecule has 74 heavy (non-hydrogen) atoms. The molecule has 0 aromatic carbocycles. The zero-order valence-electron chi connectivity index (χ0n) is 52.0. The number of aromatic nitrogens is 2. The predicted octanol–water partition coefficient (Wildman–Crippen LogP) is 26.1. The number of rotatable bonds is 64. The van der Waals surface area contributed by atoms with Crippen LogP contribution in [0.15, 0.2) is 0 Å². The van der Waals surface area contributed by atoms with E-state index in [-0.39, 0.29) is 0 Å². The van der Waals surface area contributed by atoms with Crippen molar-refractivity contribution in [2.75, 3.05) is 0 Å². The second-order valence-corrected chi connectivity index (χ2v) is 24.6. The summed E-state index contributed by atoms with van der Waals surface area (Å²) >= 11 is 0. The lowest BCUT2D eigenvalue weighted by Gasteiger charge is -2.16. The molecular weight excluding hydrogens is 893 g/mol. The van der Waals surface area contributed by atoms with Gasteiger partial charge in [0.2, 0.25) is 0 Å². The maximum absolute atomic E-state index is 5.24. The summed E-state index contributed by atoms with van der Waals surface area (Å²) in [5.41, 5.74) is 4.39. The van der Waals surface area contributed by atoms with Crippen LogP contribution < -0.4 is 0 Å². The van der Waals surface area contributed by atoms with E-state index in [1.165, 1.54) is 403 Å². The quantitative estimate of drug-likeness (QED) is 0.0608. The SMILES string of the molecule is C[CH]c1nc(CCCCCCCCCCCCCCCCCCCCCC)c(CCCCCCCCCCCCCCCCCCCCCC)c(CCCCCCCCCCCCCCCCCCCCCC)n1. The van der Waals surface area contributed by atoms with Crippen LogP contribution in [-0.2, 0) is 19.3 Å². The monoisotopic (exact) mass is 1030 g/mol. The number of hydrogen-bond donors (Lipinski definition) is 0. The van der Waals surface area contributed by atoms with E-state index in [2.05, 4.69) is 34.1 Å². The Kier molecular flexibility index (Phi) is 58.9. The molecule has 1 aromatic rings. The molecule has 0 amide bonds. The Bertz CT molecular complexity index is 1120. The minimum Gasteiger partial charge on any atom is -0.237 e. The predicted molar refractivity (Wildman–Crippen MR) is 336 cm³/mol. The number of hydrogen-bond acceptors (Lipinski definition) is 2. The Morgan fingerprint density at radius 2 is 0.351 bits per heavy atom. The summed E-state index contributed by atoms with van der Waals surface area (Å²) in [6.45, 7) is 9.10. The molecule has 437 valence electrons. The summed E-state index contributed by atoms with van der Waals surface area (Å²) in [5.74, 6) is 0.989. The molecule has 1 rings (SSSR count). The van der Waals surface area contributed by atoms with Gasteiger partial charge in [-0.1, -0.05) is 394 Å². The minimum absolute atomic E-state index is 0.989. The number of nitrogens with zero attached hydrogens (tertiary/aromatic N) is 2. The van der Waals surface area contributed by atoms with Gasteiger partial charge in [-0.15, -0.1) is 0 Å². The molecule has 1 aromatic heterocycles. The third-order valence-electron chi connectivity index (χ3n) is 17.3. The fourth-order valence-electron chi connectivity index (χ4n) is 12.1. The van der Waals surface area contributed by atoms with E-state index in [1.807, 2.05) is 0 Å². The first-order chi connectivity index (χ1) is 36.8. The summed E-state index contributed by atoms with van der Waals surface area (Å²) in [5, 5.41) is 0. The molecule has 0 N–H and O–H groups in total. The van der Waals surface area contributed by atoms with Crippen molar-refractivity contribution < 1.29 is 0 Å². The van der Waals surface area contributed by atoms with Gasteiger partial charge in [0.05, 0.1) is 0 Å². The first-order valence-electron chi connectivity index (χ1n) is 35.4. The van der Waals surface area contributed by atoms with Crippen LogP contribution >= 0.6 is 0 Å². The van der Waals surface area contributed by atoms with Crippen molar-refractivity contribution in [3.05, 3.63) is 29.2 Å². The standard InChI is InChI=1S/C72H139N2/c1-5-9-12-15-18-21-24-27-30-33-36-39-42-45-48-51-54-57-60-63-66-69-70(67-64-61-58-55-52-49-46-43-40-37-34-31-28-25-22-19-16-13-10-6-2)73-72(8-4)74-71(69)68-65-62-59-56-53-50-47-44-41-38-35-32-29-26-23-20-17-14-11-7-3/h8H,5-7,9-68H2,1-4H3. The zero-order valence-corrected chi connectivity index (χ0v) is 52.0. The topological polar surface area (TPSA) is 25.8 Å². The smallest absolute Gasteiger partial charge is 0.132 e. The van der Waals surface area contributed by atoms with Crippen molar-refractivity contribution in [3.8, 4) is 0 Å². The summed E-state index contributed by atoms with van der Waals surface area (Å²) in [7, 11) is 0. The highest BCUT2D eigenvalue weighted by molar-refractivity contribution is 5.28. The van der Waals surface area contributed by atoms with E-state index in [9.17, 15) is 0 Å². The van der Waals surface area contributed by atoms with Crippen molar-refractivity contribution in [2.45, 2.75) is 432 Å². The van der Waals surface area contributed by atoms with Crippen molar-refractivity contribution >= 4 is 0 Å². The van der Waals surface area contributed by atoms with Gasteiger partial charge in [0.1, 0.15) is 5.82 Å². The van der Waals surface area contributed by atoms with Gasteiger partial charge in [-0.25, -0.2) is 9.97 Å². The van der Waals surface area contributed by atoms with Crippen LogP contribution in [-0.4, -0.2) is 9.97 Å². The van der Waals surface area contributed by atoms with Gasteiger partial charge >= 0.3 is 0 Å². The maximum Gasteiger partial charge on any atom is 0.132 e. The molecule has 0 spiro atoms. The molecule has 0 aliphatic heterocycles. The Balaban J connectivity index is 2.36. The summed E-state index contributed by atoms with van der Waals surface area (Å²) in [4.78, 5) is 10.5. The van der Waals surface area contributed by atoms with Crippen molar-refractivity contribution in [3.63, 3.8) is 0 Å². The average Bonchev–Trinajstić information content (AvgIpc) is 3.41. The summed E-state index contributed by atoms with van der Waals surface area (Å²) < 4.78 is 0. The molecule has 0 aliphatic rings. The molecule has 2 heteroatoms. The molecule has 0 saturated carbocycles. The van der Waals surface area contributed by atoms with E-state index < -0.39 is 0 Å². The lowest BCUT2D eigenvalue weighted by Crippen LogP contribution is -2.10. The Hall–Kier alpha value is -0.920. The van der Waals surface area contributed by atoms with Gasteiger partial charge in [-0.05, 0) is 44.1 Å². The van der Waals surface area contributed by atoms with Crippen LogP contribution in [0.25, 0.3) is 0 Å². The summed E-state index contributed by atoms with van der Waals surface area (Å²) in [6, 6.07) is 0. The average molecular weight is 1030 g/mol. The lowest BCUT2D eigenvalue weighted by molar-refractivity contribution is 0.520. The van der Waals surface area contributed by atoms with E-state index in [0.29, 0.717) is 0 Å². The van der Waals surface area contributed by atoms with Crippen LogP contribution in [0.5, 0.6) is 0 Å². The maximum atomic E-state index is 5.24. The van der Waals surface area contributed by atoms with Gasteiger partial charge < -0.3 is 0 Å². The Morgan fingerprint density at radius 1 is 0.203 bits per heavy atom. The lowest BCUT2D eigenvalue weighted by atomic mass is 9.96. The number of unbranched alkanes of at least 4 members (excludes halogenated alkanes) is 57. The molecule has 0 fully saturated rings. The van der Waals surface area contributed by atoms with Gasteiger partial charge in [0.25, 0.3) is 0 Å². The summed E-state index contributed by atoms with van der Waals surface area (Å²) in [6.07, 6.45) is 92.2. The first kappa shape index (κ1) is 71.1. The molecule has 0 unspecified atom stereocenters. The van der Waals surface area contributed by atoms with Gasteiger partial charge in [-0.2, -0.15) is 0 Å². The van der Waals surface area contributed by atoms with Crippen LogP contribution in [0, 0.1) is 6.42 Å². The van der Waals surface area contributed by atoms with Gasteiger partial charge in [0, 0.05) is 17.8 Å².